The number of carbonyl (C=O) groups excluding carboxylic acids is 1. The van der Waals surface area contributed by atoms with E-state index in [4.69, 9.17) is 0 Å². The largest absolute Gasteiger partial charge is 0.550 e. The molecule has 21 heavy (non-hydrogen) atoms. The Balaban J connectivity index is 1.97. The molecule has 0 aliphatic carbocycles. The predicted octanol–water partition coefficient (Wildman–Crippen LogP) is 2.62. The van der Waals surface area contributed by atoms with Crippen molar-refractivity contribution in [3.05, 3.63) is 29.6 Å². The van der Waals surface area contributed by atoms with E-state index >= 15 is 0 Å². The number of carboxylic acids is 1. The Labute approximate surface area is 129 Å². The summed E-state index contributed by atoms with van der Waals surface area (Å²) in [5.74, 6) is -0.917. The zero-order valence-corrected chi connectivity index (χ0v) is 13.6. The summed E-state index contributed by atoms with van der Waals surface area (Å²) in [6, 6.07) is 4.35. The number of aryl methyl sites for hydroxylation is 2. The first-order valence-electron chi connectivity index (χ1n) is 8.25. The third-order valence-corrected chi connectivity index (χ3v) is 4.18. The highest BCUT2D eigenvalue weighted by Gasteiger charge is 2.06. The molecule has 3 nitrogen and oxygen atoms in total. The van der Waals surface area contributed by atoms with Crippen LogP contribution >= 0.6 is 0 Å². The van der Waals surface area contributed by atoms with Crippen LogP contribution in [0.5, 0.6) is 0 Å². The molecule has 0 bridgehead atoms. The molecule has 1 heterocycles. The highest BCUT2D eigenvalue weighted by Crippen LogP contribution is 2.12. The fourth-order valence-electron chi connectivity index (χ4n) is 2.66. The van der Waals surface area contributed by atoms with Crippen LogP contribution in [0.1, 0.15) is 69.0 Å². The van der Waals surface area contributed by atoms with Crippen LogP contribution in [0.25, 0.3) is 0 Å². The Morgan fingerprint density at radius 3 is 2.24 bits per heavy atom. The number of carboxylic acid groups (broad SMARTS) is 1. The smallest absolute Gasteiger partial charge is 0.181 e. The standard InChI is InChI=1S/C18H29NO2/c1-16-17(13-11-15-19(16)2)12-9-7-5-3-4-6-8-10-14-18(20)21/h11,13,15H,3-10,12,14H2,1-2H3. The summed E-state index contributed by atoms with van der Waals surface area (Å²) in [5.41, 5.74) is 2.83. The van der Waals surface area contributed by atoms with Gasteiger partial charge in [0.25, 0.3) is 0 Å². The van der Waals surface area contributed by atoms with E-state index in [1.54, 1.807) is 0 Å². The summed E-state index contributed by atoms with van der Waals surface area (Å²) in [4.78, 5) is 10.3. The minimum atomic E-state index is -0.917. The Morgan fingerprint density at radius 2 is 1.62 bits per heavy atom. The molecule has 1 aromatic rings. The Hall–Kier alpha value is -1.38. The maximum atomic E-state index is 10.3. The van der Waals surface area contributed by atoms with Crippen molar-refractivity contribution in [1.29, 1.82) is 0 Å². The number of hydrogen-bond acceptors (Lipinski definition) is 2. The van der Waals surface area contributed by atoms with Gasteiger partial charge in [0.15, 0.2) is 11.9 Å². The van der Waals surface area contributed by atoms with Gasteiger partial charge < -0.3 is 9.90 Å². The fraction of sp³-hybridized carbons (Fsp3) is 0.667. The Kier molecular flexibility index (Phi) is 8.72. The lowest BCUT2D eigenvalue weighted by atomic mass is 10.0. The van der Waals surface area contributed by atoms with E-state index in [0.29, 0.717) is 0 Å². The molecule has 0 amide bonds. The molecule has 0 fully saturated rings. The molecule has 1 rings (SSSR count). The van der Waals surface area contributed by atoms with Crippen molar-refractivity contribution < 1.29 is 14.5 Å². The quantitative estimate of drug-likeness (QED) is 0.465. The maximum Gasteiger partial charge on any atom is 0.181 e. The van der Waals surface area contributed by atoms with Crippen LogP contribution in [-0.4, -0.2) is 5.97 Å². The minimum Gasteiger partial charge on any atom is -0.550 e. The van der Waals surface area contributed by atoms with Crippen molar-refractivity contribution in [2.24, 2.45) is 7.05 Å². The number of nitrogens with zero attached hydrogens (tertiary/aromatic N) is 1. The van der Waals surface area contributed by atoms with Gasteiger partial charge in [0.1, 0.15) is 7.05 Å². The number of pyridine rings is 1. The molecule has 0 aliphatic heterocycles. The molecular weight excluding hydrogens is 262 g/mol. The number of unbranched alkanes of at least 4 members (excludes halogenated alkanes) is 7. The maximum absolute atomic E-state index is 10.3. The van der Waals surface area contributed by atoms with Gasteiger partial charge in [-0.1, -0.05) is 38.5 Å². The normalized spacial score (nSPS) is 10.8. The van der Waals surface area contributed by atoms with Gasteiger partial charge in [-0.3, -0.25) is 0 Å². The fourth-order valence-corrected chi connectivity index (χ4v) is 2.66. The van der Waals surface area contributed by atoms with Crippen LogP contribution in [0.3, 0.4) is 0 Å². The van der Waals surface area contributed by atoms with Crippen molar-refractivity contribution in [3.8, 4) is 0 Å². The molecule has 0 aromatic carbocycles. The first-order chi connectivity index (χ1) is 10.1. The molecule has 0 radical (unpaired) electrons. The lowest BCUT2D eigenvalue weighted by molar-refractivity contribution is -0.678. The third-order valence-electron chi connectivity index (χ3n) is 4.18. The van der Waals surface area contributed by atoms with E-state index in [9.17, 15) is 9.90 Å². The topological polar surface area (TPSA) is 44.0 Å². The van der Waals surface area contributed by atoms with Crippen LogP contribution in [0.15, 0.2) is 18.3 Å². The van der Waals surface area contributed by atoms with Crippen molar-refractivity contribution in [2.75, 3.05) is 0 Å². The predicted molar refractivity (Wildman–Crippen MR) is 82.6 cm³/mol. The zero-order valence-electron chi connectivity index (χ0n) is 13.6. The van der Waals surface area contributed by atoms with Crippen LogP contribution < -0.4 is 9.67 Å². The Bertz CT molecular complexity index is 429. The average molecular weight is 291 g/mol. The third kappa shape index (κ3) is 7.84. The zero-order chi connectivity index (χ0) is 15.5. The molecule has 0 atom stereocenters. The van der Waals surface area contributed by atoms with E-state index in [1.807, 2.05) is 0 Å². The summed E-state index contributed by atoms with van der Waals surface area (Å²) in [6.45, 7) is 2.18. The molecule has 0 saturated carbocycles. The van der Waals surface area contributed by atoms with Crippen LogP contribution in [0, 0.1) is 6.92 Å². The van der Waals surface area contributed by atoms with Crippen LogP contribution in [0.2, 0.25) is 0 Å². The summed E-state index contributed by atoms with van der Waals surface area (Å²) in [7, 11) is 2.10. The Morgan fingerprint density at radius 1 is 1.05 bits per heavy atom. The van der Waals surface area contributed by atoms with Gasteiger partial charge in [0.2, 0.25) is 0 Å². The molecule has 118 valence electrons. The van der Waals surface area contributed by atoms with Crippen molar-refractivity contribution in [1.82, 2.24) is 0 Å². The van der Waals surface area contributed by atoms with E-state index in [0.717, 1.165) is 19.3 Å². The molecule has 0 aliphatic rings. The number of hydrogen-bond donors (Lipinski definition) is 0. The number of aliphatic carboxylic acids is 1. The SMILES string of the molecule is Cc1c(CCCCCCCCCCC(=O)[O-])ccc[n+]1C. The van der Waals surface area contributed by atoms with Gasteiger partial charge in [-0.2, -0.15) is 0 Å². The molecule has 0 spiro atoms. The molecule has 0 N–H and O–H groups in total. The van der Waals surface area contributed by atoms with Crippen molar-refractivity contribution >= 4 is 5.97 Å². The lowest BCUT2D eigenvalue weighted by Gasteiger charge is -2.05. The summed E-state index contributed by atoms with van der Waals surface area (Å²) >= 11 is 0. The first kappa shape index (κ1) is 17.7. The van der Waals surface area contributed by atoms with Crippen LogP contribution in [-0.2, 0) is 18.3 Å². The van der Waals surface area contributed by atoms with Gasteiger partial charge in [0, 0.05) is 24.5 Å². The van der Waals surface area contributed by atoms with Gasteiger partial charge in [0.05, 0.1) is 0 Å². The van der Waals surface area contributed by atoms with Crippen molar-refractivity contribution in [2.45, 2.75) is 71.1 Å². The van der Waals surface area contributed by atoms with Crippen molar-refractivity contribution in [3.63, 3.8) is 0 Å². The van der Waals surface area contributed by atoms with E-state index in [-0.39, 0.29) is 6.42 Å². The van der Waals surface area contributed by atoms with E-state index in [1.165, 1.54) is 49.8 Å². The van der Waals surface area contributed by atoms with E-state index < -0.39 is 5.97 Å². The average Bonchev–Trinajstić information content (AvgIpc) is 2.45. The van der Waals surface area contributed by atoms with E-state index in [2.05, 4.69) is 36.9 Å². The summed E-state index contributed by atoms with van der Waals surface area (Å²) in [5, 5.41) is 10.3. The highest BCUT2D eigenvalue weighted by atomic mass is 16.4. The van der Waals surface area contributed by atoms with Gasteiger partial charge in [-0.25, -0.2) is 4.57 Å². The van der Waals surface area contributed by atoms with Gasteiger partial charge >= 0.3 is 0 Å². The molecular formula is C18H29NO2. The molecule has 3 heteroatoms. The van der Waals surface area contributed by atoms with Crippen LogP contribution in [0.4, 0.5) is 0 Å². The number of carbonyl (C=O) groups is 1. The summed E-state index contributed by atoms with van der Waals surface area (Å²) < 4.78 is 2.18. The van der Waals surface area contributed by atoms with Gasteiger partial charge in [-0.05, 0) is 31.7 Å². The second-order valence-corrected chi connectivity index (χ2v) is 5.93. The minimum absolute atomic E-state index is 0.216. The second kappa shape index (κ2) is 10.4. The monoisotopic (exact) mass is 291 g/mol. The van der Waals surface area contributed by atoms with Gasteiger partial charge in [-0.15, -0.1) is 0 Å². The molecule has 0 unspecified atom stereocenters. The highest BCUT2D eigenvalue weighted by molar-refractivity contribution is 5.63. The number of rotatable bonds is 11. The first-order valence-corrected chi connectivity index (χ1v) is 8.25. The summed E-state index contributed by atoms with van der Waals surface area (Å²) in [6.07, 6.45) is 12.8. The second-order valence-electron chi connectivity index (χ2n) is 5.93. The molecule has 1 aromatic heterocycles. The number of aromatic nitrogens is 1. The lowest BCUT2D eigenvalue weighted by Crippen LogP contribution is -2.32. The molecule has 0 saturated heterocycles.